The molecular formula is C17H24ClNO2. The number of likely N-dealkylation sites (N-methyl/N-ethyl adjacent to an activating group) is 1. The van der Waals surface area contributed by atoms with Gasteiger partial charge < -0.3 is 9.64 Å². The summed E-state index contributed by atoms with van der Waals surface area (Å²) in [6, 6.07) is 10.3. The average Bonchev–Trinajstić information content (AvgIpc) is 2.48. The third-order valence-electron chi connectivity index (χ3n) is 4.03. The van der Waals surface area contributed by atoms with Gasteiger partial charge >= 0.3 is 5.97 Å². The topological polar surface area (TPSA) is 29.5 Å². The lowest BCUT2D eigenvalue weighted by atomic mass is 9.72. The normalized spacial score (nSPS) is 24.5. The first-order chi connectivity index (χ1) is 9.60. The molecule has 116 valence electrons. The Morgan fingerprint density at radius 1 is 1.33 bits per heavy atom. The van der Waals surface area contributed by atoms with Crippen LogP contribution in [0.4, 0.5) is 0 Å². The summed E-state index contributed by atoms with van der Waals surface area (Å²) in [7, 11) is 4.13. The van der Waals surface area contributed by atoms with Crippen molar-refractivity contribution in [1.82, 2.24) is 4.90 Å². The quantitative estimate of drug-likeness (QED) is 0.632. The Labute approximate surface area is 133 Å². The van der Waals surface area contributed by atoms with Crippen molar-refractivity contribution in [3.05, 3.63) is 48.0 Å². The van der Waals surface area contributed by atoms with Crippen LogP contribution < -0.4 is 0 Å². The maximum Gasteiger partial charge on any atom is 0.320 e. The van der Waals surface area contributed by atoms with E-state index < -0.39 is 5.41 Å². The van der Waals surface area contributed by atoms with Gasteiger partial charge in [0.2, 0.25) is 0 Å². The molecule has 0 radical (unpaired) electrons. The van der Waals surface area contributed by atoms with Gasteiger partial charge in [0.05, 0.1) is 6.61 Å². The number of benzene rings is 1. The summed E-state index contributed by atoms with van der Waals surface area (Å²) in [6.07, 6.45) is 5.91. The highest BCUT2D eigenvalue weighted by atomic mass is 35.5. The van der Waals surface area contributed by atoms with E-state index in [1.165, 1.54) is 0 Å². The van der Waals surface area contributed by atoms with E-state index in [9.17, 15) is 4.79 Å². The van der Waals surface area contributed by atoms with Gasteiger partial charge in [0.15, 0.2) is 0 Å². The van der Waals surface area contributed by atoms with Crippen molar-refractivity contribution in [2.24, 2.45) is 0 Å². The highest BCUT2D eigenvalue weighted by Crippen LogP contribution is 2.37. The maximum atomic E-state index is 12.5. The molecule has 0 saturated carbocycles. The van der Waals surface area contributed by atoms with E-state index in [1.807, 2.05) is 43.3 Å². The number of ether oxygens (including phenoxy) is 1. The Kier molecular flexibility index (Phi) is 6.43. The van der Waals surface area contributed by atoms with E-state index >= 15 is 0 Å². The zero-order chi connectivity index (χ0) is 14.6. The Morgan fingerprint density at radius 2 is 2.00 bits per heavy atom. The van der Waals surface area contributed by atoms with Gasteiger partial charge in [-0.05, 0) is 39.4 Å². The van der Waals surface area contributed by atoms with Crippen LogP contribution in [0.5, 0.6) is 0 Å². The van der Waals surface area contributed by atoms with Gasteiger partial charge in [-0.1, -0.05) is 42.5 Å². The Balaban J connectivity index is 0.00000220. The second kappa shape index (κ2) is 7.62. The fourth-order valence-corrected chi connectivity index (χ4v) is 2.78. The van der Waals surface area contributed by atoms with Crippen molar-refractivity contribution >= 4 is 18.4 Å². The fourth-order valence-electron chi connectivity index (χ4n) is 2.78. The van der Waals surface area contributed by atoms with Gasteiger partial charge in [-0.2, -0.15) is 0 Å². The first-order valence-corrected chi connectivity index (χ1v) is 7.18. The number of nitrogens with zero attached hydrogens (tertiary/aromatic N) is 1. The molecule has 0 aliphatic heterocycles. The molecular weight excluding hydrogens is 286 g/mol. The molecule has 0 spiro atoms. The zero-order valence-electron chi connectivity index (χ0n) is 12.9. The number of carbonyl (C=O) groups excluding carboxylic acids is 1. The number of hydrogen-bond donors (Lipinski definition) is 0. The second-order valence-corrected chi connectivity index (χ2v) is 5.49. The fraction of sp³-hybridized carbons (Fsp3) is 0.471. The van der Waals surface area contributed by atoms with E-state index in [0.717, 1.165) is 18.4 Å². The predicted octanol–water partition coefficient (Wildman–Crippen LogP) is 3.19. The van der Waals surface area contributed by atoms with Crippen LogP contribution in [0.25, 0.3) is 0 Å². The molecule has 2 unspecified atom stereocenters. The summed E-state index contributed by atoms with van der Waals surface area (Å²) < 4.78 is 5.33. The van der Waals surface area contributed by atoms with Gasteiger partial charge in [0.25, 0.3) is 0 Å². The summed E-state index contributed by atoms with van der Waals surface area (Å²) >= 11 is 0. The van der Waals surface area contributed by atoms with Crippen LogP contribution in [-0.4, -0.2) is 37.6 Å². The standard InChI is InChI=1S/C17H23NO2.ClH/c1-4-20-16(19)17(14-8-6-5-7-9-14)12-10-15(11-13-17)18(2)3;/h5-10,12,15H,4,11,13H2,1-3H3;1H. The van der Waals surface area contributed by atoms with Crippen molar-refractivity contribution < 1.29 is 9.53 Å². The van der Waals surface area contributed by atoms with E-state index in [-0.39, 0.29) is 18.4 Å². The molecule has 4 heteroatoms. The highest BCUT2D eigenvalue weighted by Gasteiger charge is 2.41. The lowest BCUT2D eigenvalue weighted by Crippen LogP contribution is -2.41. The minimum Gasteiger partial charge on any atom is -0.465 e. The van der Waals surface area contributed by atoms with Crippen molar-refractivity contribution in [3.63, 3.8) is 0 Å². The Hall–Kier alpha value is -1.32. The molecule has 0 N–H and O–H groups in total. The molecule has 0 aromatic heterocycles. The number of halogens is 1. The summed E-state index contributed by atoms with van der Waals surface area (Å²) in [5.41, 5.74) is 0.399. The van der Waals surface area contributed by atoms with E-state index in [0.29, 0.717) is 12.6 Å². The smallest absolute Gasteiger partial charge is 0.320 e. The summed E-state index contributed by atoms with van der Waals surface area (Å²) in [4.78, 5) is 14.7. The summed E-state index contributed by atoms with van der Waals surface area (Å²) in [6.45, 7) is 2.27. The van der Waals surface area contributed by atoms with Crippen LogP contribution in [0, 0.1) is 0 Å². The van der Waals surface area contributed by atoms with Gasteiger partial charge in [-0.25, -0.2) is 0 Å². The van der Waals surface area contributed by atoms with Crippen LogP contribution in [-0.2, 0) is 14.9 Å². The SMILES string of the molecule is CCOC(=O)C1(c2ccccc2)C=CC(N(C)C)CC1.Cl. The molecule has 1 aliphatic carbocycles. The lowest BCUT2D eigenvalue weighted by molar-refractivity contribution is -0.148. The highest BCUT2D eigenvalue weighted by molar-refractivity contribution is 5.86. The largest absolute Gasteiger partial charge is 0.465 e. The van der Waals surface area contributed by atoms with Gasteiger partial charge in [-0.15, -0.1) is 12.4 Å². The lowest BCUT2D eigenvalue weighted by Gasteiger charge is -2.35. The first-order valence-electron chi connectivity index (χ1n) is 7.18. The van der Waals surface area contributed by atoms with E-state index in [4.69, 9.17) is 4.74 Å². The second-order valence-electron chi connectivity index (χ2n) is 5.49. The van der Waals surface area contributed by atoms with Crippen LogP contribution in [0.2, 0.25) is 0 Å². The third kappa shape index (κ3) is 3.66. The molecule has 1 aromatic carbocycles. The molecule has 0 fully saturated rings. The van der Waals surface area contributed by atoms with E-state index in [1.54, 1.807) is 0 Å². The molecule has 2 rings (SSSR count). The third-order valence-corrected chi connectivity index (χ3v) is 4.03. The van der Waals surface area contributed by atoms with E-state index in [2.05, 4.69) is 25.1 Å². The molecule has 0 heterocycles. The average molecular weight is 310 g/mol. The minimum absolute atomic E-state index is 0. The summed E-state index contributed by atoms with van der Waals surface area (Å²) in [5, 5.41) is 0. The maximum absolute atomic E-state index is 12.5. The molecule has 21 heavy (non-hydrogen) atoms. The molecule has 1 aliphatic rings. The van der Waals surface area contributed by atoms with Crippen molar-refractivity contribution in [1.29, 1.82) is 0 Å². The number of esters is 1. The van der Waals surface area contributed by atoms with Crippen molar-refractivity contribution in [2.75, 3.05) is 20.7 Å². The molecule has 0 amide bonds. The van der Waals surface area contributed by atoms with Gasteiger partial charge in [0, 0.05) is 6.04 Å². The van der Waals surface area contributed by atoms with Gasteiger partial charge in [0.1, 0.15) is 5.41 Å². The number of rotatable bonds is 4. The van der Waals surface area contributed by atoms with Crippen LogP contribution in [0.3, 0.4) is 0 Å². The number of hydrogen-bond acceptors (Lipinski definition) is 3. The monoisotopic (exact) mass is 309 g/mol. The molecule has 0 saturated heterocycles. The van der Waals surface area contributed by atoms with Crippen LogP contribution >= 0.6 is 12.4 Å². The zero-order valence-corrected chi connectivity index (χ0v) is 13.7. The molecule has 2 atom stereocenters. The molecule has 1 aromatic rings. The Bertz CT molecular complexity index is 487. The Morgan fingerprint density at radius 3 is 2.48 bits per heavy atom. The van der Waals surface area contributed by atoms with Gasteiger partial charge in [-0.3, -0.25) is 4.79 Å². The predicted molar refractivity (Wildman–Crippen MR) is 87.9 cm³/mol. The van der Waals surface area contributed by atoms with Crippen LogP contribution in [0.1, 0.15) is 25.3 Å². The molecule has 3 nitrogen and oxygen atoms in total. The van der Waals surface area contributed by atoms with Crippen molar-refractivity contribution in [2.45, 2.75) is 31.2 Å². The van der Waals surface area contributed by atoms with Crippen molar-refractivity contribution in [3.8, 4) is 0 Å². The first kappa shape index (κ1) is 17.7. The number of carbonyl (C=O) groups is 1. The summed E-state index contributed by atoms with van der Waals surface area (Å²) in [5.74, 6) is -0.139. The van der Waals surface area contributed by atoms with Crippen LogP contribution in [0.15, 0.2) is 42.5 Å². The minimum atomic E-state index is -0.621. The molecule has 0 bridgehead atoms.